The normalized spacial score (nSPS) is 12.3. The summed E-state index contributed by atoms with van der Waals surface area (Å²) >= 11 is 0. The zero-order valence-electron chi connectivity index (χ0n) is 14.2. The van der Waals surface area contributed by atoms with Crippen molar-refractivity contribution in [3.8, 4) is 5.75 Å². The van der Waals surface area contributed by atoms with Gasteiger partial charge in [0.15, 0.2) is 0 Å². The number of hydrogen-bond donors (Lipinski definition) is 1. The summed E-state index contributed by atoms with van der Waals surface area (Å²) in [5.74, 6) is 0.987. The summed E-state index contributed by atoms with van der Waals surface area (Å²) in [5, 5.41) is 3.68. The Morgan fingerprint density at radius 3 is 2.29 bits per heavy atom. The van der Waals surface area contributed by atoms with Gasteiger partial charge in [0, 0.05) is 6.04 Å². The van der Waals surface area contributed by atoms with Crippen LogP contribution in [0.2, 0.25) is 0 Å². The standard InChI is InChI=1S/C19H33NO/c1-4-7-8-9-10-19(20-15-5-2)17-11-13-18(14-12-17)21-16-6-3/h11-14,19-20H,4-10,15-16H2,1-3H3. The SMILES string of the molecule is CCCCCCC(NCCC)c1ccc(OCCC)cc1. The molecule has 1 aromatic carbocycles. The zero-order chi connectivity index (χ0) is 15.3. The highest BCUT2D eigenvalue weighted by Crippen LogP contribution is 2.23. The van der Waals surface area contributed by atoms with Crippen molar-refractivity contribution in [3.05, 3.63) is 29.8 Å². The van der Waals surface area contributed by atoms with Crippen LogP contribution < -0.4 is 10.1 Å². The van der Waals surface area contributed by atoms with Crippen LogP contribution in [0.15, 0.2) is 24.3 Å². The quantitative estimate of drug-likeness (QED) is 0.514. The zero-order valence-corrected chi connectivity index (χ0v) is 14.2. The highest BCUT2D eigenvalue weighted by Gasteiger charge is 2.10. The van der Waals surface area contributed by atoms with Crippen molar-refractivity contribution in [1.29, 1.82) is 0 Å². The maximum atomic E-state index is 5.66. The molecule has 0 spiro atoms. The number of rotatable bonds is 12. The molecule has 120 valence electrons. The monoisotopic (exact) mass is 291 g/mol. The molecule has 0 aromatic heterocycles. The smallest absolute Gasteiger partial charge is 0.119 e. The fourth-order valence-corrected chi connectivity index (χ4v) is 2.50. The molecule has 21 heavy (non-hydrogen) atoms. The number of unbranched alkanes of at least 4 members (excludes halogenated alkanes) is 3. The van der Waals surface area contributed by atoms with E-state index in [4.69, 9.17) is 4.74 Å². The lowest BCUT2D eigenvalue weighted by atomic mass is 9.99. The maximum Gasteiger partial charge on any atom is 0.119 e. The lowest BCUT2D eigenvalue weighted by Crippen LogP contribution is -2.22. The van der Waals surface area contributed by atoms with E-state index >= 15 is 0 Å². The molecule has 0 radical (unpaired) electrons. The van der Waals surface area contributed by atoms with Gasteiger partial charge in [-0.15, -0.1) is 0 Å². The van der Waals surface area contributed by atoms with E-state index in [1.54, 1.807) is 0 Å². The van der Waals surface area contributed by atoms with Crippen LogP contribution in [-0.2, 0) is 0 Å². The summed E-state index contributed by atoms with van der Waals surface area (Å²) in [4.78, 5) is 0. The Morgan fingerprint density at radius 2 is 1.67 bits per heavy atom. The summed E-state index contributed by atoms with van der Waals surface area (Å²) < 4.78 is 5.66. The van der Waals surface area contributed by atoms with Crippen molar-refractivity contribution in [2.45, 2.75) is 71.8 Å². The first-order chi connectivity index (χ1) is 10.3. The molecule has 1 N–H and O–H groups in total. The Morgan fingerprint density at radius 1 is 0.905 bits per heavy atom. The molecule has 1 aromatic rings. The van der Waals surface area contributed by atoms with Gasteiger partial charge in [-0.25, -0.2) is 0 Å². The molecule has 1 atom stereocenters. The van der Waals surface area contributed by atoms with Gasteiger partial charge in [0.25, 0.3) is 0 Å². The highest BCUT2D eigenvalue weighted by atomic mass is 16.5. The van der Waals surface area contributed by atoms with Crippen LogP contribution in [0, 0.1) is 0 Å². The maximum absolute atomic E-state index is 5.66. The Labute approximate surface area is 131 Å². The van der Waals surface area contributed by atoms with Crippen molar-refractivity contribution in [2.75, 3.05) is 13.2 Å². The molecule has 0 aliphatic carbocycles. The molecular formula is C19H33NO. The second-order valence-corrected chi connectivity index (χ2v) is 5.77. The molecule has 0 aliphatic heterocycles. The lowest BCUT2D eigenvalue weighted by Gasteiger charge is -2.19. The minimum absolute atomic E-state index is 0.488. The summed E-state index contributed by atoms with van der Waals surface area (Å²) in [5.41, 5.74) is 1.39. The van der Waals surface area contributed by atoms with Gasteiger partial charge in [0.1, 0.15) is 5.75 Å². The molecule has 0 amide bonds. The Bertz CT molecular complexity index is 347. The van der Waals surface area contributed by atoms with Crippen LogP contribution >= 0.6 is 0 Å². The van der Waals surface area contributed by atoms with E-state index in [0.29, 0.717) is 6.04 Å². The molecular weight excluding hydrogens is 258 g/mol. The molecule has 0 aliphatic rings. The summed E-state index contributed by atoms with van der Waals surface area (Å²) in [6.07, 6.45) is 8.78. The highest BCUT2D eigenvalue weighted by molar-refractivity contribution is 5.29. The third-order valence-corrected chi connectivity index (χ3v) is 3.74. The molecule has 0 bridgehead atoms. The fraction of sp³-hybridized carbons (Fsp3) is 0.684. The van der Waals surface area contributed by atoms with Crippen LogP contribution in [0.3, 0.4) is 0 Å². The van der Waals surface area contributed by atoms with E-state index in [1.165, 1.54) is 44.1 Å². The van der Waals surface area contributed by atoms with Gasteiger partial charge in [-0.2, -0.15) is 0 Å². The van der Waals surface area contributed by atoms with Crippen molar-refractivity contribution in [1.82, 2.24) is 5.32 Å². The topological polar surface area (TPSA) is 21.3 Å². The minimum Gasteiger partial charge on any atom is -0.494 e. The minimum atomic E-state index is 0.488. The largest absolute Gasteiger partial charge is 0.494 e. The van der Waals surface area contributed by atoms with Gasteiger partial charge in [-0.05, 0) is 43.5 Å². The lowest BCUT2D eigenvalue weighted by molar-refractivity contribution is 0.317. The average Bonchev–Trinajstić information content (AvgIpc) is 2.53. The van der Waals surface area contributed by atoms with E-state index in [9.17, 15) is 0 Å². The fourth-order valence-electron chi connectivity index (χ4n) is 2.50. The second-order valence-electron chi connectivity index (χ2n) is 5.77. The van der Waals surface area contributed by atoms with Crippen LogP contribution in [0.5, 0.6) is 5.75 Å². The van der Waals surface area contributed by atoms with Crippen molar-refractivity contribution in [2.24, 2.45) is 0 Å². The molecule has 0 heterocycles. The van der Waals surface area contributed by atoms with E-state index in [0.717, 1.165) is 25.3 Å². The van der Waals surface area contributed by atoms with E-state index < -0.39 is 0 Å². The van der Waals surface area contributed by atoms with E-state index in [2.05, 4.69) is 50.4 Å². The van der Waals surface area contributed by atoms with E-state index in [1.807, 2.05) is 0 Å². The number of nitrogens with one attached hydrogen (secondary N) is 1. The predicted octanol–water partition coefficient (Wildman–Crippen LogP) is 5.49. The van der Waals surface area contributed by atoms with Gasteiger partial charge >= 0.3 is 0 Å². The number of ether oxygens (including phenoxy) is 1. The van der Waals surface area contributed by atoms with Gasteiger partial charge < -0.3 is 10.1 Å². The number of benzene rings is 1. The molecule has 0 saturated carbocycles. The number of hydrogen-bond acceptors (Lipinski definition) is 2. The van der Waals surface area contributed by atoms with Crippen LogP contribution in [0.25, 0.3) is 0 Å². The summed E-state index contributed by atoms with van der Waals surface area (Å²) in [6.45, 7) is 8.51. The van der Waals surface area contributed by atoms with Gasteiger partial charge in [-0.1, -0.05) is 58.6 Å². The Kier molecular flexibility index (Phi) is 9.98. The first kappa shape index (κ1) is 18.0. The average molecular weight is 291 g/mol. The third kappa shape index (κ3) is 7.52. The van der Waals surface area contributed by atoms with E-state index in [-0.39, 0.29) is 0 Å². The Hall–Kier alpha value is -1.02. The molecule has 1 unspecified atom stereocenters. The van der Waals surface area contributed by atoms with Crippen LogP contribution in [0.1, 0.15) is 77.3 Å². The first-order valence-corrected chi connectivity index (χ1v) is 8.77. The summed E-state index contributed by atoms with van der Waals surface area (Å²) in [6, 6.07) is 9.15. The first-order valence-electron chi connectivity index (χ1n) is 8.77. The molecule has 1 rings (SSSR count). The van der Waals surface area contributed by atoms with Gasteiger partial charge in [0.05, 0.1) is 6.61 Å². The predicted molar refractivity (Wildman–Crippen MR) is 92.0 cm³/mol. The summed E-state index contributed by atoms with van der Waals surface area (Å²) in [7, 11) is 0. The van der Waals surface area contributed by atoms with Gasteiger partial charge in [-0.3, -0.25) is 0 Å². The van der Waals surface area contributed by atoms with Crippen molar-refractivity contribution < 1.29 is 4.74 Å². The molecule has 2 heteroatoms. The second kappa shape index (κ2) is 11.6. The third-order valence-electron chi connectivity index (χ3n) is 3.74. The van der Waals surface area contributed by atoms with Crippen LogP contribution in [-0.4, -0.2) is 13.2 Å². The Balaban J connectivity index is 2.54. The van der Waals surface area contributed by atoms with Crippen molar-refractivity contribution in [3.63, 3.8) is 0 Å². The molecule has 2 nitrogen and oxygen atoms in total. The van der Waals surface area contributed by atoms with Crippen LogP contribution in [0.4, 0.5) is 0 Å². The van der Waals surface area contributed by atoms with Gasteiger partial charge in [0.2, 0.25) is 0 Å². The molecule has 0 saturated heterocycles. The molecule has 0 fully saturated rings. The van der Waals surface area contributed by atoms with Crippen molar-refractivity contribution >= 4 is 0 Å².